The fourth-order valence-electron chi connectivity index (χ4n) is 3.87. The van der Waals surface area contributed by atoms with E-state index in [2.05, 4.69) is 78.2 Å². The molecule has 1 fully saturated rings. The lowest BCUT2D eigenvalue weighted by Crippen LogP contribution is -2.40. The number of ether oxygens (including phenoxy) is 1. The molecule has 0 aliphatic carbocycles. The first-order valence-corrected chi connectivity index (χ1v) is 10.6. The summed E-state index contributed by atoms with van der Waals surface area (Å²) in [5.74, 6) is 1.05. The zero-order valence-electron chi connectivity index (χ0n) is 17.3. The van der Waals surface area contributed by atoms with Crippen molar-refractivity contribution in [1.29, 1.82) is 0 Å². The maximum absolute atomic E-state index is 9.45. The van der Waals surface area contributed by atoms with E-state index < -0.39 is 0 Å². The summed E-state index contributed by atoms with van der Waals surface area (Å²) < 4.78 is 5.60. The number of aliphatic hydroxyl groups is 1. The number of nitrogens with one attached hydrogen (secondary N) is 2. The third kappa shape index (κ3) is 6.05. The number of guanidine groups is 1. The van der Waals surface area contributed by atoms with Crippen molar-refractivity contribution >= 4 is 5.96 Å². The Morgan fingerprint density at radius 3 is 2.24 bits per heavy atom. The van der Waals surface area contributed by atoms with Gasteiger partial charge in [-0.05, 0) is 30.9 Å². The van der Waals surface area contributed by atoms with Gasteiger partial charge in [-0.1, -0.05) is 60.7 Å². The first kappa shape index (κ1) is 21.3. The number of hydrogen-bond donors (Lipinski definition) is 3. The average Bonchev–Trinajstić information content (AvgIpc) is 3.23. The zero-order chi connectivity index (χ0) is 20.4. The summed E-state index contributed by atoms with van der Waals surface area (Å²) in [6.07, 6.45) is 1.68. The summed E-state index contributed by atoms with van der Waals surface area (Å²) in [4.78, 5) is 4.85. The molecule has 1 saturated heterocycles. The Morgan fingerprint density at radius 1 is 1.07 bits per heavy atom. The van der Waals surface area contributed by atoms with E-state index in [1.165, 1.54) is 11.1 Å². The predicted molar refractivity (Wildman–Crippen MR) is 118 cm³/mol. The third-order valence-corrected chi connectivity index (χ3v) is 5.62. The molecule has 2 aromatic carbocycles. The van der Waals surface area contributed by atoms with Crippen molar-refractivity contribution in [1.82, 2.24) is 10.6 Å². The van der Waals surface area contributed by atoms with Crippen LogP contribution in [0.4, 0.5) is 0 Å². The highest BCUT2D eigenvalue weighted by Crippen LogP contribution is 2.32. The van der Waals surface area contributed by atoms with Crippen molar-refractivity contribution in [2.75, 3.05) is 39.5 Å². The highest BCUT2D eigenvalue weighted by atomic mass is 16.5. The molecule has 0 amide bonds. The van der Waals surface area contributed by atoms with Crippen molar-refractivity contribution in [3.8, 4) is 0 Å². The normalized spacial score (nSPS) is 19.5. The van der Waals surface area contributed by atoms with Gasteiger partial charge in [0.25, 0.3) is 0 Å². The van der Waals surface area contributed by atoms with Crippen molar-refractivity contribution in [3.05, 3.63) is 71.8 Å². The van der Waals surface area contributed by atoms with Crippen molar-refractivity contribution in [3.63, 3.8) is 0 Å². The van der Waals surface area contributed by atoms with Crippen LogP contribution in [0.1, 0.15) is 36.8 Å². The van der Waals surface area contributed by atoms with Crippen LogP contribution in [-0.4, -0.2) is 50.5 Å². The number of benzene rings is 2. The van der Waals surface area contributed by atoms with E-state index in [9.17, 15) is 5.11 Å². The Labute approximate surface area is 174 Å². The van der Waals surface area contributed by atoms with Crippen LogP contribution in [0.2, 0.25) is 0 Å². The lowest BCUT2D eigenvalue weighted by atomic mass is 9.84. The maximum Gasteiger partial charge on any atom is 0.191 e. The van der Waals surface area contributed by atoms with E-state index in [1.54, 1.807) is 0 Å². The molecule has 3 rings (SSSR count). The number of rotatable bonds is 9. The molecule has 1 aliphatic heterocycles. The van der Waals surface area contributed by atoms with Crippen LogP contribution in [0.5, 0.6) is 0 Å². The van der Waals surface area contributed by atoms with Crippen LogP contribution >= 0.6 is 0 Å². The second-order valence-corrected chi connectivity index (χ2v) is 7.73. The van der Waals surface area contributed by atoms with Crippen molar-refractivity contribution < 1.29 is 9.84 Å². The average molecular weight is 396 g/mol. The Balaban J connectivity index is 1.73. The molecule has 1 heterocycles. The zero-order valence-corrected chi connectivity index (χ0v) is 17.3. The van der Waals surface area contributed by atoms with Gasteiger partial charge in [0.15, 0.2) is 5.96 Å². The van der Waals surface area contributed by atoms with Gasteiger partial charge in [0.2, 0.25) is 0 Å². The van der Waals surface area contributed by atoms with Gasteiger partial charge in [0, 0.05) is 37.6 Å². The van der Waals surface area contributed by atoms with E-state index in [0.717, 1.165) is 38.5 Å². The highest BCUT2D eigenvalue weighted by Gasteiger charge is 2.34. The number of aliphatic imine (C=N–C) groups is 1. The maximum atomic E-state index is 9.45. The molecular formula is C24H33N3O2. The summed E-state index contributed by atoms with van der Waals surface area (Å²) in [7, 11) is 0. The topological polar surface area (TPSA) is 65.9 Å². The van der Waals surface area contributed by atoms with E-state index in [0.29, 0.717) is 13.2 Å². The molecule has 1 unspecified atom stereocenters. The summed E-state index contributed by atoms with van der Waals surface area (Å²) in [5, 5.41) is 16.3. The van der Waals surface area contributed by atoms with Gasteiger partial charge >= 0.3 is 0 Å². The van der Waals surface area contributed by atoms with Crippen LogP contribution < -0.4 is 10.6 Å². The summed E-state index contributed by atoms with van der Waals surface area (Å²) in [6, 6.07) is 21.2. The summed E-state index contributed by atoms with van der Waals surface area (Å²) in [5.41, 5.74) is 2.51. The second kappa shape index (κ2) is 11.0. The largest absolute Gasteiger partial charge is 0.396 e. The number of aliphatic hydroxyl groups excluding tert-OH is 1. The van der Waals surface area contributed by atoms with Crippen molar-refractivity contribution in [2.24, 2.45) is 10.4 Å². The fourth-order valence-corrected chi connectivity index (χ4v) is 3.87. The first-order valence-electron chi connectivity index (χ1n) is 10.6. The molecule has 5 nitrogen and oxygen atoms in total. The molecule has 0 aromatic heterocycles. The van der Waals surface area contributed by atoms with Crippen LogP contribution in [0, 0.1) is 5.41 Å². The Kier molecular flexibility index (Phi) is 8.08. The Hall–Kier alpha value is -2.37. The van der Waals surface area contributed by atoms with Gasteiger partial charge in [-0.3, -0.25) is 4.99 Å². The van der Waals surface area contributed by atoms with Gasteiger partial charge in [-0.15, -0.1) is 0 Å². The number of hydrogen-bond acceptors (Lipinski definition) is 3. The summed E-state index contributed by atoms with van der Waals surface area (Å²) >= 11 is 0. The van der Waals surface area contributed by atoms with Crippen molar-refractivity contribution in [2.45, 2.75) is 25.7 Å². The molecule has 0 radical (unpaired) electrons. The van der Waals surface area contributed by atoms with Gasteiger partial charge in [-0.2, -0.15) is 0 Å². The first-order chi connectivity index (χ1) is 14.3. The monoisotopic (exact) mass is 395 g/mol. The Bertz CT molecular complexity index is 704. The lowest BCUT2D eigenvalue weighted by molar-refractivity contribution is 0.131. The SMILES string of the molecule is CCNC(=NCC1(CCO)CCOC1)NCC(c1ccccc1)c1ccccc1. The van der Waals surface area contributed by atoms with E-state index in [1.807, 2.05) is 0 Å². The minimum absolute atomic E-state index is 0.0463. The Morgan fingerprint density at radius 2 is 1.72 bits per heavy atom. The molecule has 0 saturated carbocycles. The minimum atomic E-state index is -0.0463. The molecular weight excluding hydrogens is 362 g/mol. The molecule has 3 N–H and O–H groups in total. The fraction of sp³-hybridized carbons (Fsp3) is 0.458. The highest BCUT2D eigenvalue weighted by molar-refractivity contribution is 5.79. The molecule has 1 atom stereocenters. The molecule has 1 aliphatic rings. The van der Waals surface area contributed by atoms with Crippen LogP contribution in [-0.2, 0) is 4.74 Å². The van der Waals surface area contributed by atoms with Crippen LogP contribution in [0.25, 0.3) is 0 Å². The van der Waals surface area contributed by atoms with Gasteiger partial charge in [-0.25, -0.2) is 0 Å². The smallest absolute Gasteiger partial charge is 0.191 e. The van der Waals surface area contributed by atoms with Crippen LogP contribution in [0.3, 0.4) is 0 Å². The predicted octanol–water partition coefficient (Wildman–Crippen LogP) is 3.16. The van der Waals surface area contributed by atoms with E-state index >= 15 is 0 Å². The molecule has 29 heavy (non-hydrogen) atoms. The minimum Gasteiger partial charge on any atom is -0.396 e. The van der Waals surface area contributed by atoms with Gasteiger partial charge in [0.05, 0.1) is 13.2 Å². The van der Waals surface area contributed by atoms with Crippen LogP contribution in [0.15, 0.2) is 65.7 Å². The second-order valence-electron chi connectivity index (χ2n) is 7.73. The standard InChI is InChI=1S/C24H33N3O2/c1-2-25-23(27-18-24(13-15-28)14-16-29-19-24)26-17-22(20-9-5-3-6-10-20)21-11-7-4-8-12-21/h3-12,22,28H,2,13-19H2,1H3,(H2,25,26,27). The van der Waals surface area contributed by atoms with Gasteiger partial charge < -0.3 is 20.5 Å². The molecule has 156 valence electrons. The molecule has 0 spiro atoms. The summed E-state index contributed by atoms with van der Waals surface area (Å²) in [6.45, 7) is 5.89. The molecule has 5 heteroatoms. The van der Waals surface area contributed by atoms with Gasteiger partial charge in [0.1, 0.15) is 0 Å². The van der Waals surface area contributed by atoms with E-state index in [4.69, 9.17) is 9.73 Å². The molecule has 2 aromatic rings. The quantitative estimate of drug-likeness (QED) is 0.451. The lowest BCUT2D eigenvalue weighted by Gasteiger charge is -2.25. The number of nitrogens with zero attached hydrogens (tertiary/aromatic N) is 1. The van der Waals surface area contributed by atoms with E-state index in [-0.39, 0.29) is 17.9 Å². The third-order valence-electron chi connectivity index (χ3n) is 5.62. The molecule has 0 bridgehead atoms.